The maximum absolute atomic E-state index is 14.0. The van der Waals surface area contributed by atoms with Gasteiger partial charge in [-0.2, -0.15) is 0 Å². The number of benzene rings is 2. The van der Waals surface area contributed by atoms with Gasteiger partial charge in [0.15, 0.2) is 11.5 Å². The van der Waals surface area contributed by atoms with E-state index in [1.54, 1.807) is 7.11 Å². The van der Waals surface area contributed by atoms with Crippen LogP contribution in [0.3, 0.4) is 0 Å². The number of rotatable bonds is 5. The Bertz CT molecular complexity index is 994. The van der Waals surface area contributed by atoms with Crippen molar-refractivity contribution in [3.63, 3.8) is 0 Å². The van der Waals surface area contributed by atoms with Crippen molar-refractivity contribution in [1.82, 2.24) is 4.90 Å². The first kappa shape index (κ1) is 21.4. The topological polar surface area (TPSA) is 67.9 Å². The summed E-state index contributed by atoms with van der Waals surface area (Å²) in [6.07, 6.45) is 4.70. The molecule has 1 saturated heterocycles. The van der Waals surface area contributed by atoms with Crippen molar-refractivity contribution in [2.75, 3.05) is 19.0 Å². The van der Waals surface area contributed by atoms with E-state index < -0.39 is 11.8 Å². The predicted octanol–water partition coefficient (Wildman–Crippen LogP) is 5.36. The number of amides is 3. The molecule has 1 aliphatic heterocycles. The fourth-order valence-corrected chi connectivity index (χ4v) is 4.28. The van der Waals surface area contributed by atoms with Gasteiger partial charge in [0.1, 0.15) is 5.82 Å². The molecule has 2 aliphatic rings. The van der Waals surface area contributed by atoms with Gasteiger partial charge in [-0.15, -0.1) is 0 Å². The Morgan fingerprint density at radius 1 is 1.16 bits per heavy atom. The van der Waals surface area contributed by atoms with Crippen LogP contribution in [0.5, 0.6) is 11.5 Å². The SMILES string of the molecule is COc1ccc(C2CC(=O)N(C(=O)Nc3ccc(Cl)cc3F)C2)cc1OC1CCCC1. The van der Waals surface area contributed by atoms with E-state index in [9.17, 15) is 14.0 Å². The number of methoxy groups -OCH3 is 1. The molecule has 1 aliphatic carbocycles. The summed E-state index contributed by atoms with van der Waals surface area (Å²) in [7, 11) is 1.59. The number of carbonyl (C=O) groups excluding carboxylic acids is 2. The van der Waals surface area contributed by atoms with Gasteiger partial charge in [-0.1, -0.05) is 17.7 Å². The third kappa shape index (κ3) is 4.77. The first-order valence-electron chi connectivity index (χ1n) is 10.4. The van der Waals surface area contributed by atoms with E-state index in [2.05, 4.69) is 5.32 Å². The van der Waals surface area contributed by atoms with E-state index in [0.717, 1.165) is 42.2 Å². The standard InChI is InChI=1S/C23H24ClFN2O4/c1-30-20-9-6-14(10-21(20)31-17-4-2-3-5-17)15-11-22(28)27(13-15)23(29)26-19-8-7-16(24)12-18(19)25/h6-10,12,15,17H,2-5,11,13H2,1H3,(H,26,29). The second-order valence-corrected chi connectivity index (χ2v) is 8.33. The highest BCUT2D eigenvalue weighted by atomic mass is 35.5. The van der Waals surface area contributed by atoms with Crippen molar-refractivity contribution in [1.29, 1.82) is 0 Å². The highest BCUT2D eigenvalue weighted by Crippen LogP contribution is 2.37. The minimum atomic E-state index is -0.662. The lowest BCUT2D eigenvalue weighted by Crippen LogP contribution is -2.36. The number of likely N-dealkylation sites (tertiary alicyclic amines) is 1. The Morgan fingerprint density at radius 2 is 1.94 bits per heavy atom. The molecule has 8 heteroatoms. The number of nitrogens with zero attached hydrogens (tertiary/aromatic N) is 1. The lowest BCUT2D eigenvalue weighted by atomic mass is 9.98. The van der Waals surface area contributed by atoms with Crippen molar-refractivity contribution in [2.45, 2.75) is 44.1 Å². The van der Waals surface area contributed by atoms with Gasteiger partial charge in [0, 0.05) is 23.9 Å². The zero-order chi connectivity index (χ0) is 22.0. The maximum atomic E-state index is 14.0. The van der Waals surface area contributed by atoms with E-state index >= 15 is 0 Å². The Morgan fingerprint density at radius 3 is 2.65 bits per heavy atom. The van der Waals surface area contributed by atoms with Crippen molar-refractivity contribution in [2.24, 2.45) is 0 Å². The van der Waals surface area contributed by atoms with Gasteiger partial charge in [0.05, 0.1) is 18.9 Å². The van der Waals surface area contributed by atoms with E-state index in [-0.39, 0.29) is 41.6 Å². The molecule has 1 saturated carbocycles. The molecule has 0 spiro atoms. The summed E-state index contributed by atoms with van der Waals surface area (Å²) in [5, 5.41) is 2.67. The van der Waals surface area contributed by atoms with Crippen LogP contribution >= 0.6 is 11.6 Å². The van der Waals surface area contributed by atoms with Crippen LogP contribution in [0.15, 0.2) is 36.4 Å². The molecule has 3 amide bonds. The van der Waals surface area contributed by atoms with E-state index in [1.165, 1.54) is 12.1 Å². The number of urea groups is 1. The van der Waals surface area contributed by atoms with Gasteiger partial charge < -0.3 is 14.8 Å². The maximum Gasteiger partial charge on any atom is 0.328 e. The Balaban J connectivity index is 1.47. The lowest BCUT2D eigenvalue weighted by molar-refractivity contribution is -0.125. The largest absolute Gasteiger partial charge is 0.493 e. The summed E-state index contributed by atoms with van der Waals surface area (Å²) in [6, 6.07) is 8.89. The fourth-order valence-electron chi connectivity index (χ4n) is 4.13. The van der Waals surface area contributed by atoms with Gasteiger partial charge in [-0.25, -0.2) is 9.18 Å². The smallest absolute Gasteiger partial charge is 0.328 e. The quantitative estimate of drug-likeness (QED) is 0.671. The summed E-state index contributed by atoms with van der Waals surface area (Å²) in [4.78, 5) is 26.2. The molecule has 1 unspecified atom stereocenters. The monoisotopic (exact) mass is 446 g/mol. The number of halogens is 2. The average Bonchev–Trinajstić information content (AvgIpc) is 3.39. The molecule has 164 valence electrons. The number of imide groups is 1. The number of anilines is 1. The second-order valence-electron chi connectivity index (χ2n) is 7.89. The minimum Gasteiger partial charge on any atom is -0.493 e. The molecule has 0 aromatic heterocycles. The van der Waals surface area contributed by atoms with Crippen molar-refractivity contribution in [3.8, 4) is 11.5 Å². The zero-order valence-corrected chi connectivity index (χ0v) is 18.0. The zero-order valence-electron chi connectivity index (χ0n) is 17.2. The second kappa shape index (κ2) is 9.14. The van der Waals surface area contributed by atoms with Crippen molar-refractivity contribution >= 4 is 29.2 Å². The molecular formula is C23H24ClFN2O4. The van der Waals surface area contributed by atoms with Gasteiger partial charge in [0.2, 0.25) is 5.91 Å². The Labute approximate surface area is 185 Å². The first-order chi connectivity index (χ1) is 14.9. The molecule has 2 aromatic carbocycles. The number of hydrogen-bond acceptors (Lipinski definition) is 4. The number of carbonyl (C=O) groups is 2. The minimum absolute atomic E-state index is 0.0256. The molecule has 1 atom stereocenters. The number of ether oxygens (including phenoxy) is 2. The normalized spacial score (nSPS) is 19.0. The third-order valence-electron chi connectivity index (χ3n) is 5.80. The fraction of sp³-hybridized carbons (Fsp3) is 0.391. The van der Waals surface area contributed by atoms with Crippen LogP contribution in [0.1, 0.15) is 43.6 Å². The molecule has 1 N–H and O–H groups in total. The predicted molar refractivity (Wildman–Crippen MR) is 115 cm³/mol. The Hall–Kier alpha value is -2.80. The average molecular weight is 447 g/mol. The summed E-state index contributed by atoms with van der Waals surface area (Å²) in [6.45, 7) is 0.203. The third-order valence-corrected chi connectivity index (χ3v) is 6.03. The first-order valence-corrected chi connectivity index (χ1v) is 10.7. The highest BCUT2D eigenvalue weighted by molar-refractivity contribution is 6.30. The molecule has 0 bridgehead atoms. The molecule has 4 rings (SSSR count). The molecule has 6 nitrogen and oxygen atoms in total. The highest BCUT2D eigenvalue weighted by Gasteiger charge is 2.35. The van der Waals surface area contributed by atoms with Crippen LogP contribution in [-0.4, -0.2) is 36.6 Å². The molecule has 2 fully saturated rings. The summed E-state index contributed by atoms with van der Waals surface area (Å²) < 4.78 is 25.6. The lowest BCUT2D eigenvalue weighted by Gasteiger charge is -2.19. The summed E-state index contributed by atoms with van der Waals surface area (Å²) in [5.41, 5.74) is 0.873. The van der Waals surface area contributed by atoms with Crippen molar-refractivity contribution in [3.05, 3.63) is 52.8 Å². The van der Waals surface area contributed by atoms with Crippen LogP contribution in [0.25, 0.3) is 0 Å². The van der Waals surface area contributed by atoms with E-state index in [4.69, 9.17) is 21.1 Å². The van der Waals surface area contributed by atoms with Crippen LogP contribution in [0.4, 0.5) is 14.9 Å². The summed E-state index contributed by atoms with van der Waals surface area (Å²) in [5.74, 6) is 0.155. The number of nitrogens with one attached hydrogen (secondary N) is 1. The molecule has 0 radical (unpaired) electrons. The molecule has 2 aromatic rings. The van der Waals surface area contributed by atoms with Crippen LogP contribution < -0.4 is 14.8 Å². The van der Waals surface area contributed by atoms with Gasteiger partial charge in [0.25, 0.3) is 0 Å². The van der Waals surface area contributed by atoms with Crippen LogP contribution in [-0.2, 0) is 4.79 Å². The molecular weight excluding hydrogens is 423 g/mol. The van der Waals surface area contributed by atoms with Crippen LogP contribution in [0, 0.1) is 5.82 Å². The van der Waals surface area contributed by atoms with E-state index in [0.29, 0.717) is 11.5 Å². The van der Waals surface area contributed by atoms with Gasteiger partial charge >= 0.3 is 6.03 Å². The van der Waals surface area contributed by atoms with Crippen LogP contribution in [0.2, 0.25) is 5.02 Å². The molecule has 31 heavy (non-hydrogen) atoms. The Kier molecular flexibility index (Phi) is 6.32. The van der Waals surface area contributed by atoms with Gasteiger partial charge in [-0.05, 0) is 61.6 Å². The summed E-state index contributed by atoms with van der Waals surface area (Å²) >= 11 is 5.74. The van der Waals surface area contributed by atoms with Gasteiger partial charge in [-0.3, -0.25) is 9.69 Å². The van der Waals surface area contributed by atoms with Crippen molar-refractivity contribution < 1.29 is 23.5 Å². The molecule has 1 heterocycles. The van der Waals surface area contributed by atoms with E-state index in [1.807, 2.05) is 18.2 Å². The number of hydrogen-bond donors (Lipinski definition) is 1.